The first-order chi connectivity index (χ1) is 10.7. The number of hydrogen-bond donors (Lipinski definition) is 1. The fourth-order valence-electron chi connectivity index (χ4n) is 2.27. The van der Waals surface area contributed by atoms with Crippen molar-refractivity contribution in [1.29, 1.82) is 0 Å². The van der Waals surface area contributed by atoms with Gasteiger partial charge in [0.15, 0.2) is 5.82 Å². The second-order valence-electron chi connectivity index (χ2n) is 5.46. The molecule has 1 aliphatic rings. The van der Waals surface area contributed by atoms with Crippen LogP contribution in [0.5, 0.6) is 0 Å². The van der Waals surface area contributed by atoms with E-state index in [0.717, 1.165) is 24.1 Å². The van der Waals surface area contributed by atoms with Gasteiger partial charge in [-0.1, -0.05) is 24.1 Å². The summed E-state index contributed by atoms with van der Waals surface area (Å²) in [5.41, 5.74) is 1.73. The van der Waals surface area contributed by atoms with Crippen molar-refractivity contribution >= 4 is 5.91 Å². The highest BCUT2D eigenvalue weighted by Crippen LogP contribution is 2.39. The van der Waals surface area contributed by atoms with Crippen molar-refractivity contribution in [1.82, 2.24) is 15.3 Å². The lowest BCUT2D eigenvalue weighted by Crippen LogP contribution is -2.30. The number of aromatic nitrogens is 2. The Morgan fingerprint density at radius 3 is 2.73 bits per heavy atom. The van der Waals surface area contributed by atoms with Crippen LogP contribution in [0.1, 0.15) is 36.0 Å². The maximum atomic E-state index is 12.1. The molecule has 1 aromatic carbocycles. The Hall–Kier alpha value is -2.67. The van der Waals surface area contributed by atoms with E-state index in [2.05, 4.69) is 27.1 Å². The van der Waals surface area contributed by atoms with Gasteiger partial charge in [-0.05, 0) is 43.9 Å². The molecular formula is C18H17N3O. The molecule has 3 rings (SSSR count). The molecule has 0 aliphatic heterocycles. The molecule has 22 heavy (non-hydrogen) atoms. The molecule has 1 atom stereocenters. The summed E-state index contributed by atoms with van der Waals surface area (Å²) >= 11 is 0. The molecule has 110 valence electrons. The Bertz CT molecular complexity index is 727. The number of nitrogens with one attached hydrogen (secondary N) is 1. The molecule has 0 spiro atoms. The standard InChI is InChI=1S/C18H17N3O/c1-13-11-12-19-18(20-13)17(15-8-9-15)21-16(22)10-7-14-5-3-2-4-6-14/h2-6,11-12,15,17H,8-9H2,1H3,(H,21,22)/t17-/m0/s1. The van der Waals surface area contributed by atoms with Crippen molar-refractivity contribution in [3.8, 4) is 11.8 Å². The van der Waals surface area contributed by atoms with Gasteiger partial charge in [0.1, 0.15) is 0 Å². The number of carbonyl (C=O) groups excluding carboxylic acids is 1. The van der Waals surface area contributed by atoms with Gasteiger partial charge in [-0.15, -0.1) is 0 Å². The highest BCUT2D eigenvalue weighted by atomic mass is 16.1. The summed E-state index contributed by atoms with van der Waals surface area (Å²) in [6, 6.07) is 11.2. The first-order valence-electron chi connectivity index (χ1n) is 7.39. The van der Waals surface area contributed by atoms with E-state index >= 15 is 0 Å². The molecule has 0 saturated heterocycles. The molecule has 2 aromatic rings. The van der Waals surface area contributed by atoms with Gasteiger partial charge >= 0.3 is 0 Å². The Kier molecular flexibility index (Phi) is 4.15. The van der Waals surface area contributed by atoms with E-state index in [1.54, 1.807) is 6.20 Å². The zero-order valence-corrected chi connectivity index (χ0v) is 12.4. The second-order valence-corrected chi connectivity index (χ2v) is 5.46. The van der Waals surface area contributed by atoms with E-state index in [4.69, 9.17) is 0 Å². The summed E-state index contributed by atoms with van der Waals surface area (Å²) in [6.45, 7) is 1.92. The van der Waals surface area contributed by atoms with Crippen molar-refractivity contribution in [3.05, 3.63) is 59.7 Å². The van der Waals surface area contributed by atoms with E-state index in [1.165, 1.54) is 0 Å². The van der Waals surface area contributed by atoms with Crippen LogP contribution in [0.4, 0.5) is 0 Å². The van der Waals surface area contributed by atoms with Crippen molar-refractivity contribution in [3.63, 3.8) is 0 Å². The van der Waals surface area contributed by atoms with Crippen molar-refractivity contribution in [2.45, 2.75) is 25.8 Å². The highest BCUT2D eigenvalue weighted by Gasteiger charge is 2.35. The summed E-state index contributed by atoms with van der Waals surface area (Å²) in [4.78, 5) is 20.8. The summed E-state index contributed by atoms with van der Waals surface area (Å²) < 4.78 is 0. The average molecular weight is 291 g/mol. The summed E-state index contributed by atoms with van der Waals surface area (Å²) in [7, 11) is 0. The fourth-order valence-corrected chi connectivity index (χ4v) is 2.27. The van der Waals surface area contributed by atoms with E-state index in [-0.39, 0.29) is 11.9 Å². The first-order valence-corrected chi connectivity index (χ1v) is 7.39. The predicted molar refractivity (Wildman–Crippen MR) is 83.7 cm³/mol. The lowest BCUT2D eigenvalue weighted by molar-refractivity contribution is -0.116. The predicted octanol–water partition coefficient (Wildman–Crippen LogP) is 2.40. The third-order valence-electron chi connectivity index (χ3n) is 3.57. The van der Waals surface area contributed by atoms with Crippen LogP contribution >= 0.6 is 0 Å². The van der Waals surface area contributed by atoms with Gasteiger partial charge in [-0.3, -0.25) is 4.79 Å². The van der Waals surface area contributed by atoms with Crippen molar-refractivity contribution < 1.29 is 4.79 Å². The maximum absolute atomic E-state index is 12.1. The highest BCUT2D eigenvalue weighted by molar-refractivity contribution is 5.94. The number of amides is 1. The number of nitrogens with zero attached hydrogens (tertiary/aromatic N) is 2. The second kappa shape index (κ2) is 6.40. The van der Waals surface area contributed by atoms with Gasteiger partial charge < -0.3 is 5.32 Å². The molecule has 1 amide bonds. The zero-order chi connectivity index (χ0) is 15.4. The molecule has 0 radical (unpaired) electrons. The van der Waals surface area contributed by atoms with Gasteiger partial charge in [0.25, 0.3) is 5.91 Å². The molecule has 1 aliphatic carbocycles. The lowest BCUT2D eigenvalue weighted by atomic mass is 10.1. The number of rotatable bonds is 3. The first kappa shape index (κ1) is 14.3. The van der Waals surface area contributed by atoms with Crippen LogP contribution in [0.25, 0.3) is 0 Å². The molecule has 4 heteroatoms. The fraction of sp³-hybridized carbons (Fsp3) is 0.278. The summed E-state index contributed by atoms with van der Waals surface area (Å²) in [5, 5.41) is 2.96. The quantitative estimate of drug-likeness (QED) is 0.884. The minimum Gasteiger partial charge on any atom is -0.335 e. The van der Waals surface area contributed by atoms with Crippen LogP contribution in [-0.4, -0.2) is 15.9 Å². The monoisotopic (exact) mass is 291 g/mol. The number of carbonyl (C=O) groups is 1. The minimum atomic E-state index is -0.286. The Balaban J connectivity index is 1.72. The molecule has 1 aromatic heterocycles. The van der Waals surface area contributed by atoms with Crippen molar-refractivity contribution in [2.24, 2.45) is 5.92 Å². The van der Waals surface area contributed by atoms with Gasteiger partial charge in [0, 0.05) is 23.4 Å². The van der Waals surface area contributed by atoms with Crippen molar-refractivity contribution in [2.75, 3.05) is 0 Å². The topological polar surface area (TPSA) is 54.9 Å². The third-order valence-corrected chi connectivity index (χ3v) is 3.57. The smallest absolute Gasteiger partial charge is 0.296 e. The Labute approximate surface area is 130 Å². The zero-order valence-electron chi connectivity index (χ0n) is 12.4. The largest absolute Gasteiger partial charge is 0.335 e. The Morgan fingerprint density at radius 2 is 2.05 bits per heavy atom. The van der Waals surface area contributed by atoms with Gasteiger partial charge in [0.05, 0.1) is 6.04 Å². The maximum Gasteiger partial charge on any atom is 0.296 e. The van der Waals surface area contributed by atoms with Gasteiger partial charge in [0.2, 0.25) is 0 Å². The number of benzene rings is 1. The van der Waals surface area contributed by atoms with E-state index in [1.807, 2.05) is 43.3 Å². The molecule has 1 N–H and O–H groups in total. The number of hydrogen-bond acceptors (Lipinski definition) is 3. The van der Waals surface area contributed by atoms with Crippen LogP contribution in [0.2, 0.25) is 0 Å². The molecule has 1 heterocycles. The molecule has 0 bridgehead atoms. The van der Waals surface area contributed by atoms with Crippen LogP contribution < -0.4 is 5.32 Å². The lowest BCUT2D eigenvalue weighted by Gasteiger charge is -2.15. The summed E-state index contributed by atoms with van der Waals surface area (Å²) in [5.74, 6) is 6.32. The Morgan fingerprint density at radius 1 is 1.27 bits per heavy atom. The molecular weight excluding hydrogens is 274 g/mol. The normalized spacial score (nSPS) is 14.6. The molecule has 0 unspecified atom stereocenters. The third kappa shape index (κ3) is 3.70. The van der Waals surface area contributed by atoms with E-state index in [9.17, 15) is 4.79 Å². The minimum absolute atomic E-state index is 0.141. The SMILES string of the molecule is Cc1ccnc([C@@H](NC(=O)C#Cc2ccccc2)C2CC2)n1. The van der Waals surface area contributed by atoms with Crippen LogP contribution in [0.15, 0.2) is 42.6 Å². The molecule has 1 saturated carbocycles. The van der Waals surface area contributed by atoms with Gasteiger partial charge in [-0.2, -0.15) is 0 Å². The van der Waals surface area contributed by atoms with Crippen LogP contribution in [-0.2, 0) is 4.79 Å². The molecule has 1 fully saturated rings. The van der Waals surface area contributed by atoms with E-state index in [0.29, 0.717) is 11.7 Å². The number of aryl methyl sites for hydroxylation is 1. The average Bonchev–Trinajstić information content (AvgIpc) is 3.36. The molecule has 4 nitrogen and oxygen atoms in total. The van der Waals surface area contributed by atoms with Crippen LogP contribution in [0.3, 0.4) is 0 Å². The van der Waals surface area contributed by atoms with Gasteiger partial charge in [-0.25, -0.2) is 9.97 Å². The summed E-state index contributed by atoms with van der Waals surface area (Å²) in [6.07, 6.45) is 3.91. The van der Waals surface area contributed by atoms with E-state index < -0.39 is 0 Å². The van der Waals surface area contributed by atoms with Crippen LogP contribution in [0, 0.1) is 24.7 Å².